The Morgan fingerprint density at radius 2 is 2.10 bits per heavy atom. The summed E-state index contributed by atoms with van der Waals surface area (Å²) in [5.74, 6) is 1.49. The van der Waals surface area contributed by atoms with E-state index in [4.69, 9.17) is 0 Å². The van der Waals surface area contributed by atoms with Crippen LogP contribution in [0.15, 0.2) is 24.4 Å². The molecular formula is C16H24N4. The number of rotatable bonds is 6. The molecule has 1 N–H and O–H groups in total. The molecule has 2 aromatic rings. The lowest BCUT2D eigenvalue weighted by molar-refractivity contribution is 0.519. The Labute approximate surface area is 121 Å². The second-order valence-electron chi connectivity index (χ2n) is 5.37. The van der Waals surface area contributed by atoms with Crippen molar-refractivity contribution in [1.82, 2.24) is 20.1 Å². The standard InChI is InChI=1S/C16H24N4/c1-5-17-11-12(2)10-15-13(3)19-20(14(15)4)16-8-6-7-9-18-16/h6-9,12,17H,5,10-11H2,1-4H3. The first-order chi connectivity index (χ1) is 9.63. The van der Waals surface area contributed by atoms with E-state index in [1.807, 2.05) is 22.9 Å². The van der Waals surface area contributed by atoms with Crippen LogP contribution in [0.5, 0.6) is 0 Å². The van der Waals surface area contributed by atoms with E-state index in [0.717, 1.165) is 31.0 Å². The Morgan fingerprint density at radius 1 is 1.30 bits per heavy atom. The van der Waals surface area contributed by atoms with Crippen LogP contribution in [0.2, 0.25) is 0 Å². The summed E-state index contributed by atoms with van der Waals surface area (Å²) in [6.45, 7) is 10.7. The van der Waals surface area contributed by atoms with Gasteiger partial charge < -0.3 is 5.32 Å². The summed E-state index contributed by atoms with van der Waals surface area (Å²) in [5.41, 5.74) is 3.65. The molecule has 2 heterocycles. The van der Waals surface area contributed by atoms with Gasteiger partial charge in [-0.15, -0.1) is 0 Å². The first-order valence-corrected chi connectivity index (χ1v) is 7.30. The maximum atomic E-state index is 4.65. The van der Waals surface area contributed by atoms with E-state index in [2.05, 4.69) is 43.1 Å². The molecule has 2 aromatic heterocycles. The average molecular weight is 272 g/mol. The molecule has 0 aliphatic heterocycles. The van der Waals surface area contributed by atoms with Crippen LogP contribution in [-0.4, -0.2) is 27.9 Å². The zero-order valence-electron chi connectivity index (χ0n) is 12.8. The van der Waals surface area contributed by atoms with Gasteiger partial charge in [0.15, 0.2) is 5.82 Å². The number of hydrogen-bond donors (Lipinski definition) is 1. The summed E-state index contributed by atoms with van der Waals surface area (Å²) in [6, 6.07) is 5.91. The molecular weight excluding hydrogens is 248 g/mol. The van der Waals surface area contributed by atoms with Crippen molar-refractivity contribution in [3.8, 4) is 5.82 Å². The second kappa shape index (κ2) is 6.66. The van der Waals surface area contributed by atoms with E-state index in [1.165, 1.54) is 11.3 Å². The predicted molar refractivity (Wildman–Crippen MR) is 82.2 cm³/mol. The molecule has 2 rings (SSSR count). The van der Waals surface area contributed by atoms with Crippen molar-refractivity contribution in [3.05, 3.63) is 41.3 Å². The van der Waals surface area contributed by atoms with Crippen LogP contribution in [0.4, 0.5) is 0 Å². The number of nitrogens with one attached hydrogen (secondary N) is 1. The highest BCUT2D eigenvalue weighted by atomic mass is 15.3. The van der Waals surface area contributed by atoms with Crippen LogP contribution >= 0.6 is 0 Å². The number of aryl methyl sites for hydroxylation is 1. The highest BCUT2D eigenvalue weighted by Gasteiger charge is 2.15. The van der Waals surface area contributed by atoms with Crippen molar-refractivity contribution >= 4 is 0 Å². The predicted octanol–water partition coefficient (Wildman–Crippen LogP) is 2.67. The molecule has 0 amide bonds. The Balaban J connectivity index is 2.21. The summed E-state index contributed by atoms with van der Waals surface area (Å²) >= 11 is 0. The molecule has 0 radical (unpaired) electrons. The highest BCUT2D eigenvalue weighted by molar-refractivity contribution is 5.32. The van der Waals surface area contributed by atoms with Gasteiger partial charge in [-0.05, 0) is 57.0 Å². The largest absolute Gasteiger partial charge is 0.317 e. The van der Waals surface area contributed by atoms with Crippen LogP contribution < -0.4 is 5.32 Å². The van der Waals surface area contributed by atoms with E-state index in [-0.39, 0.29) is 0 Å². The number of pyridine rings is 1. The van der Waals surface area contributed by atoms with E-state index in [9.17, 15) is 0 Å². The monoisotopic (exact) mass is 272 g/mol. The fraction of sp³-hybridized carbons (Fsp3) is 0.500. The van der Waals surface area contributed by atoms with Crippen molar-refractivity contribution in [1.29, 1.82) is 0 Å². The second-order valence-corrected chi connectivity index (χ2v) is 5.37. The van der Waals surface area contributed by atoms with Gasteiger partial charge in [0.05, 0.1) is 5.69 Å². The molecule has 0 aliphatic carbocycles. The Morgan fingerprint density at radius 3 is 2.75 bits per heavy atom. The maximum Gasteiger partial charge on any atom is 0.153 e. The minimum atomic E-state index is 0.605. The molecule has 20 heavy (non-hydrogen) atoms. The summed E-state index contributed by atoms with van der Waals surface area (Å²) in [5, 5.41) is 8.05. The van der Waals surface area contributed by atoms with Crippen LogP contribution in [-0.2, 0) is 6.42 Å². The van der Waals surface area contributed by atoms with E-state index < -0.39 is 0 Å². The van der Waals surface area contributed by atoms with Gasteiger partial charge in [0, 0.05) is 11.9 Å². The smallest absolute Gasteiger partial charge is 0.153 e. The third-order valence-electron chi connectivity index (χ3n) is 3.60. The summed E-state index contributed by atoms with van der Waals surface area (Å²) < 4.78 is 1.95. The van der Waals surface area contributed by atoms with Crippen molar-refractivity contribution < 1.29 is 0 Å². The van der Waals surface area contributed by atoms with Crippen LogP contribution in [0, 0.1) is 19.8 Å². The van der Waals surface area contributed by atoms with Gasteiger partial charge in [-0.3, -0.25) is 0 Å². The molecule has 0 spiro atoms. The van der Waals surface area contributed by atoms with E-state index in [1.54, 1.807) is 6.20 Å². The summed E-state index contributed by atoms with van der Waals surface area (Å²) in [4.78, 5) is 4.38. The molecule has 0 aliphatic rings. The molecule has 0 aromatic carbocycles. The summed E-state index contributed by atoms with van der Waals surface area (Å²) in [6.07, 6.45) is 2.86. The zero-order valence-corrected chi connectivity index (χ0v) is 12.8. The van der Waals surface area contributed by atoms with E-state index in [0.29, 0.717) is 5.92 Å². The van der Waals surface area contributed by atoms with Crippen LogP contribution in [0.3, 0.4) is 0 Å². The number of aromatic nitrogens is 3. The molecule has 0 saturated carbocycles. The molecule has 4 nitrogen and oxygen atoms in total. The van der Waals surface area contributed by atoms with Gasteiger partial charge in [0.25, 0.3) is 0 Å². The lowest BCUT2D eigenvalue weighted by atomic mass is 9.99. The van der Waals surface area contributed by atoms with Crippen molar-refractivity contribution in [3.63, 3.8) is 0 Å². The Hall–Kier alpha value is -1.68. The lowest BCUT2D eigenvalue weighted by Gasteiger charge is -2.12. The quantitative estimate of drug-likeness (QED) is 0.879. The number of hydrogen-bond acceptors (Lipinski definition) is 3. The maximum absolute atomic E-state index is 4.65. The molecule has 4 heteroatoms. The topological polar surface area (TPSA) is 42.7 Å². The molecule has 108 valence electrons. The van der Waals surface area contributed by atoms with Crippen molar-refractivity contribution in [2.24, 2.45) is 5.92 Å². The minimum Gasteiger partial charge on any atom is -0.317 e. The highest BCUT2D eigenvalue weighted by Crippen LogP contribution is 2.19. The molecule has 0 saturated heterocycles. The normalized spacial score (nSPS) is 12.6. The van der Waals surface area contributed by atoms with Crippen molar-refractivity contribution in [2.45, 2.75) is 34.1 Å². The fourth-order valence-electron chi connectivity index (χ4n) is 2.48. The van der Waals surface area contributed by atoms with E-state index >= 15 is 0 Å². The SMILES string of the molecule is CCNCC(C)Cc1c(C)nn(-c2ccccn2)c1C. The minimum absolute atomic E-state index is 0.605. The van der Waals surface area contributed by atoms with Crippen molar-refractivity contribution in [2.75, 3.05) is 13.1 Å². The van der Waals surface area contributed by atoms with Gasteiger partial charge in [0.2, 0.25) is 0 Å². The van der Waals surface area contributed by atoms with Crippen LogP contribution in [0.1, 0.15) is 30.8 Å². The molecule has 1 unspecified atom stereocenters. The first-order valence-electron chi connectivity index (χ1n) is 7.30. The fourth-order valence-corrected chi connectivity index (χ4v) is 2.48. The van der Waals surface area contributed by atoms with Crippen LogP contribution in [0.25, 0.3) is 5.82 Å². The molecule has 0 fully saturated rings. The van der Waals surface area contributed by atoms with Gasteiger partial charge in [0.1, 0.15) is 0 Å². The lowest BCUT2D eigenvalue weighted by Crippen LogP contribution is -2.22. The summed E-state index contributed by atoms with van der Waals surface area (Å²) in [7, 11) is 0. The van der Waals surface area contributed by atoms with Gasteiger partial charge >= 0.3 is 0 Å². The molecule has 0 bridgehead atoms. The third kappa shape index (κ3) is 3.25. The van der Waals surface area contributed by atoms with Gasteiger partial charge in [-0.1, -0.05) is 19.9 Å². The Kier molecular flexibility index (Phi) is 4.90. The Bertz CT molecular complexity index is 545. The molecule has 1 atom stereocenters. The van der Waals surface area contributed by atoms with Gasteiger partial charge in [-0.2, -0.15) is 5.10 Å². The zero-order chi connectivity index (χ0) is 14.5. The van der Waals surface area contributed by atoms with Gasteiger partial charge in [-0.25, -0.2) is 9.67 Å². The number of nitrogens with zero attached hydrogens (tertiary/aromatic N) is 3. The first kappa shape index (κ1) is 14.7. The third-order valence-corrected chi connectivity index (χ3v) is 3.60. The average Bonchev–Trinajstić information content (AvgIpc) is 2.74.